The zero-order valence-corrected chi connectivity index (χ0v) is 16.9. The van der Waals surface area contributed by atoms with Gasteiger partial charge in [-0.05, 0) is 32.9 Å². The molecule has 9 nitrogen and oxygen atoms in total. The van der Waals surface area contributed by atoms with Gasteiger partial charge in [0.15, 0.2) is 11.9 Å². The lowest BCUT2D eigenvalue weighted by Crippen LogP contribution is -2.56. The zero-order chi connectivity index (χ0) is 22.1. The summed E-state index contributed by atoms with van der Waals surface area (Å²) in [5.41, 5.74) is 11.7. The standard InChI is InChI=1S/C19H24F2N6O3/c1-18(2,3)30-17(28)27-7-5-15(19(20,21)10-27)29-14-9-25-13(8-11(14)22)12-4-6-24-16(23)26-12/h4,6,8-9,15H,5,7,10H2,1-3H3,(H2,22,25)(H2,23,24,26). The number of nitrogens with zero attached hydrogens (tertiary/aromatic N) is 4. The Morgan fingerprint density at radius 1 is 1.27 bits per heavy atom. The highest BCUT2D eigenvalue weighted by molar-refractivity contribution is 5.68. The van der Waals surface area contributed by atoms with E-state index < -0.39 is 30.3 Å². The summed E-state index contributed by atoms with van der Waals surface area (Å²) < 4.78 is 39.9. The summed E-state index contributed by atoms with van der Waals surface area (Å²) in [6, 6.07) is 3.06. The predicted molar refractivity (Wildman–Crippen MR) is 106 cm³/mol. The van der Waals surface area contributed by atoms with Gasteiger partial charge in [-0.25, -0.2) is 23.5 Å². The van der Waals surface area contributed by atoms with Crippen LogP contribution in [-0.4, -0.2) is 56.7 Å². The van der Waals surface area contributed by atoms with Crippen molar-refractivity contribution < 1.29 is 23.0 Å². The number of pyridine rings is 1. The number of nitrogen functional groups attached to an aromatic ring is 2. The van der Waals surface area contributed by atoms with Gasteiger partial charge in [0.2, 0.25) is 5.95 Å². The molecule has 0 aliphatic carbocycles. The van der Waals surface area contributed by atoms with Crippen LogP contribution in [0.25, 0.3) is 11.4 Å². The van der Waals surface area contributed by atoms with Gasteiger partial charge < -0.3 is 25.8 Å². The number of hydrogen-bond acceptors (Lipinski definition) is 8. The third-order valence-electron chi connectivity index (χ3n) is 4.29. The molecular weight excluding hydrogens is 398 g/mol. The average Bonchev–Trinajstić information content (AvgIpc) is 2.63. The maximum atomic E-state index is 14.7. The fourth-order valence-electron chi connectivity index (χ4n) is 2.91. The van der Waals surface area contributed by atoms with Crippen LogP contribution < -0.4 is 16.2 Å². The van der Waals surface area contributed by atoms with Crippen LogP contribution >= 0.6 is 0 Å². The number of piperidine rings is 1. The average molecular weight is 422 g/mol. The Balaban J connectivity index is 1.70. The fourth-order valence-corrected chi connectivity index (χ4v) is 2.91. The van der Waals surface area contributed by atoms with Gasteiger partial charge in [-0.2, -0.15) is 0 Å². The monoisotopic (exact) mass is 422 g/mol. The van der Waals surface area contributed by atoms with E-state index in [1.165, 1.54) is 18.5 Å². The number of carbonyl (C=O) groups is 1. The molecule has 0 bridgehead atoms. The number of likely N-dealkylation sites (tertiary alicyclic amines) is 1. The van der Waals surface area contributed by atoms with Crippen molar-refractivity contribution in [1.29, 1.82) is 0 Å². The minimum Gasteiger partial charge on any atom is -0.480 e. The molecule has 1 saturated heterocycles. The molecule has 3 rings (SSSR count). The third kappa shape index (κ3) is 5.02. The van der Waals surface area contributed by atoms with E-state index in [9.17, 15) is 13.6 Å². The fraction of sp³-hybridized carbons (Fsp3) is 0.474. The quantitative estimate of drug-likeness (QED) is 0.772. The summed E-state index contributed by atoms with van der Waals surface area (Å²) in [5.74, 6) is -3.19. The second-order valence-electron chi connectivity index (χ2n) is 7.97. The summed E-state index contributed by atoms with van der Waals surface area (Å²) in [6.45, 7) is 4.29. The molecule has 0 radical (unpaired) electrons. The molecule has 11 heteroatoms. The van der Waals surface area contributed by atoms with Gasteiger partial charge in [0.25, 0.3) is 0 Å². The second-order valence-corrected chi connectivity index (χ2v) is 7.97. The SMILES string of the molecule is CC(C)(C)OC(=O)N1CCC(Oc2cnc(-c3ccnc(N)n3)cc2N)C(F)(F)C1. The molecule has 1 atom stereocenters. The van der Waals surface area contributed by atoms with Crippen molar-refractivity contribution in [3.8, 4) is 17.1 Å². The molecule has 4 N–H and O–H groups in total. The lowest BCUT2D eigenvalue weighted by Gasteiger charge is -2.38. The highest BCUT2D eigenvalue weighted by Gasteiger charge is 2.48. The maximum Gasteiger partial charge on any atom is 0.410 e. The van der Waals surface area contributed by atoms with E-state index in [0.717, 1.165) is 4.90 Å². The second kappa shape index (κ2) is 7.88. The number of nitrogens with two attached hydrogens (primary N) is 2. The molecule has 3 heterocycles. The van der Waals surface area contributed by atoms with Crippen LogP contribution in [0.1, 0.15) is 27.2 Å². The van der Waals surface area contributed by atoms with Crippen LogP contribution in [0.15, 0.2) is 24.5 Å². The van der Waals surface area contributed by atoms with E-state index in [-0.39, 0.29) is 30.4 Å². The lowest BCUT2D eigenvalue weighted by atomic mass is 10.0. The Morgan fingerprint density at radius 3 is 2.60 bits per heavy atom. The van der Waals surface area contributed by atoms with Gasteiger partial charge in [0, 0.05) is 19.2 Å². The van der Waals surface area contributed by atoms with Crippen LogP contribution in [0.2, 0.25) is 0 Å². The first kappa shape index (κ1) is 21.5. The molecule has 0 spiro atoms. The summed E-state index contributed by atoms with van der Waals surface area (Å²) in [5, 5.41) is 0. The number of halogens is 2. The topological polar surface area (TPSA) is 129 Å². The number of anilines is 2. The maximum absolute atomic E-state index is 14.7. The van der Waals surface area contributed by atoms with Crippen LogP contribution in [0, 0.1) is 0 Å². The molecule has 30 heavy (non-hydrogen) atoms. The Bertz CT molecular complexity index is 935. The van der Waals surface area contributed by atoms with E-state index in [4.69, 9.17) is 20.9 Å². The number of carbonyl (C=O) groups excluding carboxylic acids is 1. The minimum atomic E-state index is -3.29. The summed E-state index contributed by atoms with van der Waals surface area (Å²) in [4.78, 5) is 25.1. The number of hydrogen-bond donors (Lipinski definition) is 2. The largest absolute Gasteiger partial charge is 0.480 e. The molecule has 1 aliphatic heterocycles. The van der Waals surface area contributed by atoms with Crippen LogP contribution in [0.3, 0.4) is 0 Å². The number of aromatic nitrogens is 3. The zero-order valence-electron chi connectivity index (χ0n) is 16.9. The highest BCUT2D eigenvalue weighted by atomic mass is 19.3. The van der Waals surface area contributed by atoms with Crippen molar-refractivity contribution in [2.75, 3.05) is 24.6 Å². The van der Waals surface area contributed by atoms with Crippen LogP contribution in [0.5, 0.6) is 5.75 Å². The lowest BCUT2D eigenvalue weighted by molar-refractivity contribution is -0.137. The first-order chi connectivity index (χ1) is 13.9. The van der Waals surface area contributed by atoms with E-state index >= 15 is 0 Å². The number of amides is 1. The van der Waals surface area contributed by atoms with Gasteiger partial charge in [0.05, 0.1) is 29.8 Å². The molecule has 0 aromatic carbocycles. The molecule has 1 amide bonds. The van der Waals surface area contributed by atoms with Crippen molar-refractivity contribution in [3.63, 3.8) is 0 Å². The Labute approximate surface area is 172 Å². The van der Waals surface area contributed by atoms with Gasteiger partial charge in [-0.3, -0.25) is 4.98 Å². The molecule has 1 fully saturated rings. The van der Waals surface area contributed by atoms with Gasteiger partial charge in [0.1, 0.15) is 5.60 Å². The van der Waals surface area contributed by atoms with Crippen molar-refractivity contribution in [3.05, 3.63) is 24.5 Å². The summed E-state index contributed by atoms with van der Waals surface area (Å²) >= 11 is 0. The van der Waals surface area contributed by atoms with Gasteiger partial charge in [-0.1, -0.05) is 0 Å². The Kier molecular flexibility index (Phi) is 5.64. The number of ether oxygens (including phenoxy) is 2. The minimum absolute atomic E-state index is 0.0242. The van der Waals surface area contributed by atoms with E-state index in [2.05, 4.69) is 15.0 Å². The van der Waals surface area contributed by atoms with Gasteiger partial charge >= 0.3 is 12.0 Å². The van der Waals surface area contributed by atoms with Crippen molar-refractivity contribution in [1.82, 2.24) is 19.9 Å². The Hall–Kier alpha value is -3.24. The molecule has 2 aromatic rings. The van der Waals surface area contributed by atoms with Gasteiger partial charge in [-0.15, -0.1) is 0 Å². The van der Waals surface area contributed by atoms with E-state index in [1.54, 1.807) is 26.8 Å². The normalized spacial score (nSPS) is 18.7. The summed E-state index contributed by atoms with van der Waals surface area (Å²) in [7, 11) is 0. The van der Waals surface area contributed by atoms with E-state index in [0.29, 0.717) is 11.4 Å². The molecule has 0 saturated carbocycles. The summed E-state index contributed by atoms with van der Waals surface area (Å²) in [6.07, 6.45) is 0.407. The molecule has 162 valence electrons. The molecule has 1 aliphatic rings. The van der Waals surface area contributed by atoms with Crippen molar-refractivity contribution in [2.24, 2.45) is 0 Å². The first-order valence-corrected chi connectivity index (χ1v) is 9.31. The van der Waals surface area contributed by atoms with Crippen LogP contribution in [-0.2, 0) is 4.74 Å². The van der Waals surface area contributed by atoms with Crippen molar-refractivity contribution >= 4 is 17.7 Å². The predicted octanol–water partition coefficient (Wildman–Crippen LogP) is 2.73. The van der Waals surface area contributed by atoms with E-state index in [1.807, 2.05) is 0 Å². The molecule has 1 unspecified atom stereocenters. The number of rotatable bonds is 3. The smallest absolute Gasteiger partial charge is 0.410 e. The highest BCUT2D eigenvalue weighted by Crippen LogP contribution is 2.34. The van der Waals surface area contributed by atoms with Crippen LogP contribution in [0.4, 0.5) is 25.2 Å². The number of alkyl halides is 2. The third-order valence-corrected chi connectivity index (χ3v) is 4.29. The molecular formula is C19H24F2N6O3. The molecule has 2 aromatic heterocycles. The first-order valence-electron chi connectivity index (χ1n) is 9.31. The van der Waals surface area contributed by atoms with Crippen molar-refractivity contribution in [2.45, 2.75) is 44.8 Å². The Morgan fingerprint density at radius 2 is 2.00 bits per heavy atom.